The van der Waals surface area contributed by atoms with Crippen molar-refractivity contribution < 1.29 is 13.2 Å². The van der Waals surface area contributed by atoms with Gasteiger partial charge in [-0.2, -0.15) is 0 Å². The molecule has 90 valence electrons. The number of aryl methyl sites for hydroxylation is 1. The predicted molar refractivity (Wildman–Crippen MR) is 59.7 cm³/mol. The smallest absolute Gasteiger partial charge is 0.316 e. The van der Waals surface area contributed by atoms with Gasteiger partial charge < -0.3 is 4.74 Å². The van der Waals surface area contributed by atoms with Crippen LogP contribution in [0.5, 0.6) is 6.01 Å². The maximum Gasteiger partial charge on any atom is 0.316 e. The molecule has 1 heterocycles. The molecule has 0 unspecified atom stereocenters. The Morgan fingerprint density at radius 2 is 2.12 bits per heavy atom. The van der Waals surface area contributed by atoms with Crippen LogP contribution in [0.3, 0.4) is 0 Å². The summed E-state index contributed by atoms with van der Waals surface area (Å²) in [4.78, 5) is 7.86. The second-order valence-electron chi connectivity index (χ2n) is 3.43. The molecule has 0 aliphatic carbocycles. The molecule has 0 aromatic carbocycles. The molecule has 16 heavy (non-hydrogen) atoms. The third kappa shape index (κ3) is 3.74. The van der Waals surface area contributed by atoms with Gasteiger partial charge in [0.05, 0.1) is 5.75 Å². The Morgan fingerprint density at radius 3 is 2.69 bits per heavy atom. The molecule has 0 bridgehead atoms. The topological polar surface area (TPSA) is 72.4 Å². The molecule has 0 saturated heterocycles. The van der Waals surface area contributed by atoms with Gasteiger partial charge >= 0.3 is 6.01 Å². The first-order chi connectivity index (χ1) is 7.42. The Hall–Kier alpha value is -1.21. The van der Waals surface area contributed by atoms with E-state index in [4.69, 9.17) is 4.74 Å². The van der Waals surface area contributed by atoms with E-state index in [1.807, 2.05) is 6.92 Å². The van der Waals surface area contributed by atoms with E-state index in [1.54, 1.807) is 12.3 Å². The van der Waals surface area contributed by atoms with Crippen molar-refractivity contribution in [3.63, 3.8) is 0 Å². The molecular formula is C9H15N3O3S. The summed E-state index contributed by atoms with van der Waals surface area (Å²) in [7, 11) is -0.256. The zero-order valence-corrected chi connectivity index (χ0v) is 10.4. The molecule has 1 rings (SSSR count). The lowest BCUT2D eigenvalue weighted by molar-refractivity contribution is 0.310. The van der Waals surface area contributed by atoms with Crippen LogP contribution in [-0.2, 0) is 10.0 Å². The van der Waals surface area contributed by atoms with Crippen LogP contribution in [0.2, 0.25) is 0 Å². The molecule has 1 aromatic heterocycles. The second kappa shape index (κ2) is 5.22. The highest BCUT2D eigenvalue weighted by molar-refractivity contribution is 7.89. The van der Waals surface area contributed by atoms with Crippen LogP contribution in [0.25, 0.3) is 0 Å². The van der Waals surface area contributed by atoms with E-state index in [0.717, 1.165) is 10.00 Å². The first kappa shape index (κ1) is 12.9. The number of hydrogen-bond donors (Lipinski definition) is 0. The highest BCUT2D eigenvalue weighted by Crippen LogP contribution is 2.02. The molecule has 0 spiro atoms. The Morgan fingerprint density at radius 1 is 1.44 bits per heavy atom. The van der Waals surface area contributed by atoms with Crippen LogP contribution in [0.4, 0.5) is 0 Å². The quantitative estimate of drug-likeness (QED) is 0.733. The monoisotopic (exact) mass is 245 g/mol. The van der Waals surface area contributed by atoms with E-state index < -0.39 is 10.0 Å². The summed E-state index contributed by atoms with van der Waals surface area (Å²) in [6.45, 7) is 1.86. The first-order valence-corrected chi connectivity index (χ1v) is 6.35. The van der Waals surface area contributed by atoms with Crippen LogP contribution in [0.15, 0.2) is 12.3 Å². The fourth-order valence-electron chi connectivity index (χ4n) is 0.916. The standard InChI is InChI=1S/C9H15N3O3S/c1-8-4-5-10-9(11-8)15-6-7-16(13,14)12(2)3/h4-5H,6-7H2,1-3H3. The molecule has 0 fully saturated rings. The summed E-state index contributed by atoms with van der Waals surface area (Å²) in [5, 5.41) is 0. The lowest BCUT2D eigenvalue weighted by atomic mass is 10.5. The van der Waals surface area contributed by atoms with E-state index in [9.17, 15) is 8.42 Å². The Labute approximate surface area is 95.3 Å². The molecule has 0 aliphatic heterocycles. The highest BCUT2D eigenvalue weighted by Gasteiger charge is 2.13. The normalized spacial score (nSPS) is 11.8. The second-order valence-corrected chi connectivity index (χ2v) is 5.73. The van der Waals surface area contributed by atoms with Crippen LogP contribution >= 0.6 is 0 Å². The van der Waals surface area contributed by atoms with E-state index in [-0.39, 0.29) is 18.4 Å². The largest absolute Gasteiger partial charge is 0.462 e. The summed E-state index contributed by atoms with van der Waals surface area (Å²) >= 11 is 0. The SMILES string of the molecule is Cc1ccnc(OCCS(=O)(=O)N(C)C)n1. The summed E-state index contributed by atoms with van der Waals surface area (Å²) in [6.07, 6.45) is 1.57. The zero-order valence-electron chi connectivity index (χ0n) is 9.54. The van der Waals surface area contributed by atoms with Gasteiger partial charge in [0.2, 0.25) is 10.0 Å². The highest BCUT2D eigenvalue weighted by atomic mass is 32.2. The minimum atomic E-state index is -3.23. The van der Waals surface area contributed by atoms with Crippen LogP contribution in [0.1, 0.15) is 5.69 Å². The number of ether oxygens (including phenoxy) is 1. The van der Waals surface area contributed by atoms with Crippen molar-refractivity contribution in [1.82, 2.24) is 14.3 Å². The van der Waals surface area contributed by atoms with E-state index in [2.05, 4.69) is 9.97 Å². The van der Waals surface area contributed by atoms with Crippen molar-refractivity contribution in [2.24, 2.45) is 0 Å². The van der Waals surface area contributed by atoms with Gasteiger partial charge in [-0.3, -0.25) is 0 Å². The minimum absolute atomic E-state index is 0.0456. The molecule has 0 saturated carbocycles. The zero-order chi connectivity index (χ0) is 12.2. The molecule has 7 heteroatoms. The van der Waals surface area contributed by atoms with Gasteiger partial charge in [0, 0.05) is 26.0 Å². The Kier molecular flexibility index (Phi) is 4.19. The number of sulfonamides is 1. The van der Waals surface area contributed by atoms with Crippen molar-refractivity contribution in [3.05, 3.63) is 18.0 Å². The summed E-state index contributed by atoms with van der Waals surface area (Å²) in [5.41, 5.74) is 0.778. The van der Waals surface area contributed by atoms with Crippen LogP contribution in [0, 0.1) is 6.92 Å². The molecular weight excluding hydrogens is 230 g/mol. The molecule has 0 N–H and O–H groups in total. The summed E-state index contributed by atoms with van der Waals surface area (Å²) < 4.78 is 29.1. The number of nitrogens with zero attached hydrogens (tertiary/aromatic N) is 3. The first-order valence-electron chi connectivity index (χ1n) is 4.74. The van der Waals surface area contributed by atoms with Gasteiger partial charge in [0.15, 0.2) is 0 Å². The molecule has 1 aromatic rings. The van der Waals surface area contributed by atoms with Crippen molar-refractivity contribution in [2.45, 2.75) is 6.92 Å². The van der Waals surface area contributed by atoms with Gasteiger partial charge in [-0.1, -0.05) is 0 Å². The average molecular weight is 245 g/mol. The fraction of sp³-hybridized carbons (Fsp3) is 0.556. The lowest BCUT2D eigenvalue weighted by Crippen LogP contribution is -2.28. The van der Waals surface area contributed by atoms with Crippen molar-refractivity contribution >= 4 is 10.0 Å². The Bertz CT molecular complexity index is 445. The average Bonchev–Trinajstić information content (AvgIpc) is 2.17. The minimum Gasteiger partial charge on any atom is -0.462 e. The van der Waals surface area contributed by atoms with Crippen LogP contribution in [-0.4, -0.2) is 49.1 Å². The number of hydrogen-bond acceptors (Lipinski definition) is 5. The van der Waals surface area contributed by atoms with E-state index in [1.165, 1.54) is 14.1 Å². The van der Waals surface area contributed by atoms with Gasteiger partial charge in [-0.25, -0.2) is 22.7 Å². The molecule has 0 radical (unpaired) electrons. The maximum atomic E-state index is 11.4. The van der Waals surface area contributed by atoms with Gasteiger partial charge in [-0.15, -0.1) is 0 Å². The number of rotatable bonds is 5. The summed E-state index contributed by atoms with van der Waals surface area (Å²) in [6, 6.07) is 1.94. The molecule has 0 aliphatic rings. The van der Waals surface area contributed by atoms with Crippen molar-refractivity contribution in [2.75, 3.05) is 26.5 Å². The van der Waals surface area contributed by atoms with Crippen molar-refractivity contribution in [3.8, 4) is 6.01 Å². The number of aromatic nitrogens is 2. The van der Waals surface area contributed by atoms with Crippen LogP contribution < -0.4 is 4.74 Å². The van der Waals surface area contributed by atoms with Gasteiger partial charge in [0.1, 0.15) is 6.61 Å². The van der Waals surface area contributed by atoms with Gasteiger partial charge in [0.25, 0.3) is 0 Å². The van der Waals surface area contributed by atoms with Gasteiger partial charge in [-0.05, 0) is 13.0 Å². The molecule has 0 atom stereocenters. The van der Waals surface area contributed by atoms with Crippen molar-refractivity contribution in [1.29, 1.82) is 0 Å². The summed E-state index contributed by atoms with van der Waals surface area (Å²) in [5.74, 6) is -0.0860. The Balaban J connectivity index is 2.48. The molecule has 0 amide bonds. The third-order valence-corrected chi connectivity index (χ3v) is 3.70. The predicted octanol–water partition coefficient (Wildman–Crippen LogP) is 0.0552. The van der Waals surface area contributed by atoms with E-state index >= 15 is 0 Å². The van der Waals surface area contributed by atoms with E-state index in [0.29, 0.717) is 0 Å². The maximum absolute atomic E-state index is 11.4. The fourth-order valence-corrected chi connectivity index (χ4v) is 1.58. The third-order valence-electron chi connectivity index (χ3n) is 1.90. The molecule has 6 nitrogen and oxygen atoms in total. The lowest BCUT2D eigenvalue weighted by Gasteiger charge is -2.11.